The van der Waals surface area contributed by atoms with Crippen molar-refractivity contribution in [1.82, 2.24) is 0 Å². The summed E-state index contributed by atoms with van der Waals surface area (Å²) in [4.78, 5) is 0. The Morgan fingerprint density at radius 3 is 2.83 bits per heavy atom. The van der Waals surface area contributed by atoms with Crippen LogP contribution in [-0.2, 0) is 11.2 Å². The van der Waals surface area contributed by atoms with Crippen LogP contribution in [0.25, 0.3) is 0 Å². The number of rotatable bonds is 6. The maximum absolute atomic E-state index is 9.68. The molecule has 1 N–H and O–H groups in total. The second kappa shape index (κ2) is 6.21. The van der Waals surface area contributed by atoms with Gasteiger partial charge in [-0.05, 0) is 30.5 Å². The molecule has 0 saturated heterocycles. The molecule has 0 aliphatic heterocycles. The van der Waals surface area contributed by atoms with E-state index in [0.29, 0.717) is 13.0 Å². The van der Waals surface area contributed by atoms with Gasteiger partial charge in [-0.15, -0.1) is 0 Å². The lowest BCUT2D eigenvalue weighted by atomic mass is 9.88. The van der Waals surface area contributed by atoms with Gasteiger partial charge in [0.1, 0.15) is 18.0 Å². The molecule has 1 aromatic carbocycles. The zero-order valence-corrected chi connectivity index (χ0v) is 11.1. The quantitative estimate of drug-likeness (QED) is 0.843. The minimum atomic E-state index is -0.379. The van der Waals surface area contributed by atoms with Gasteiger partial charge in [-0.2, -0.15) is 0 Å². The van der Waals surface area contributed by atoms with Gasteiger partial charge in [0, 0.05) is 13.0 Å². The third-order valence-corrected chi connectivity index (χ3v) is 3.33. The van der Waals surface area contributed by atoms with Gasteiger partial charge in [-0.25, -0.2) is 0 Å². The lowest BCUT2D eigenvalue weighted by molar-refractivity contribution is -0.162. The van der Waals surface area contributed by atoms with Crippen LogP contribution in [0.1, 0.15) is 32.3 Å². The fraction of sp³-hybridized carbons (Fsp3) is 0.600. The van der Waals surface area contributed by atoms with Crippen LogP contribution in [0.2, 0.25) is 0 Å². The largest absolute Gasteiger partial charge is 0.488 e. The molecule has 1 saturated carbocycles. The Morgan fingerprint density at radius 2 is 2.17 bits per heavy atom. The molecule has 0 radical (unpaired) electrons. The summed E-state index contributed by atoms with van der Waals surface area (Å²) in [5.74, 6) is 0.872. The van der Waals surface area contributed by atoms with Crippen LogP contribution in [0, 0.1) is 0 Å². The number of ether oxygens (including phenoxy) is 2. The molecule has 3 heteroatoms. The van der Waals surface area contributed by atoms with Crippen LogP contribution in [0.15, 0.2) is 24.3 Å². The van der Waals surface area contributed by atoms with Crippen molar-refractivity contribution in [3.63, 3.8) is 0 Å². The first-order valence-corrected chi connectivity index (χ1v) is 6.79. The zero-order chi connectivity index (χ0) is 13.0. The lowest BCUT2D eigenvalue weighted by Gasteiger charge is -2.40. The van der Waals surface area contributed by atoms with Crippen molar-refractivity contribution in [3.05, 3.63) is 29.8 Å². The van der Waals surface area contributed by atoms with E-state index in [1.807, 2.05) is 12.1 Å². The smallest absolute Gasteiger partial charge is 0.130 e. The Hall–Kier alpha value is -1.06. The normalized spacial score (nSPS) is 26.7. The van der Waals surface area contributed by atoms with Crippen molar-refractivity contribution in [2.24, 2.45) is 0 Å². The molecule has 0 bridgehead atoms. The molecule has 0 aromatic heterocycles. The summed E-state index contributed by atoms with van der Waals surface area (Å²) in [6.07, 6.45) is 2.05. The van der Waals surface area contributed by atoms with E-state index in [1.54, 1.807) is 0 Å². The van der Waals surface area contributed by atoms with E-state index in [1.165, 1.54) is 5.56 Å². The van der Waals surface area contributed by atoms with Crippen LogP contribution in [-0.4, -0.2) is 30.0 Å². The summed E-state index contributed by atoms with van der Waals surface area (Å²) < 4.78 is 11.5. The zero-order valence-electron chi connectivity index (χ0n) is 11.1. The fourth-order valence-electron chi connectivity index (χ4n) is 2.16. The number of hydrogen-bond donors (Lipinski definition) is 1. The molecular formula is C15H22O3. The number of benzene rings is 1. The molecule has 2 rings (SSSR count). The van der Waals surface area contributed by atoms with Gasteiger partial charge in [0.2, 0.25) is 0 Å². The Bertz CT molecular complexity index is 378. The van der Waals surface area contributed by atoms with Gasteiger partial charge in [-0.1, -0.05) is 26.0 Å². The fourth-order valence-corrected chi connectivity index (χ4v) is 2.16. The second-order valence-electron chi connectivity index (χ2n) is 4.80. The topological polar surface area (TPSA) is 38.7 Å². The standard InChI is InChI=1S/C15H22O3/c1-3-8-17-15-13(16)10-14(15)18-12-7-5-6-11(4-2)9-12/h5-7,9,13-16H,3-4,8,10H2,1-2H3. The van der Waals surface area contributed by atoms with E-state index in [9.17, 15) is 5.11 Å². The molecule has 0 spiro atoms. The first-order valence-electron chi connectivity index (χ1n) is 6.79. The number of hydrogen-bond acceptors (Lipinski definition) is 3. The molecule has 3 nitrogen and oxygen atoms in total. The van der Waals surface area contributed by atoms with E-state index in [2.05, 4.69) is 26.0 Å². The van der Waals surface area contributed by atoms with Crippen molar-refractivity contribution < 1.29 is 14.6 Å². The van der Waals surface area contributed by atoms with E-state index in [-0.39, 0.29) is 18.3 Å². The first kappa shape index (κ1) is 13.4. The predicted octanol–water partition coefficient (Wildman–Crippen LogP) is 2.56. The molecule has 1 fully saturated rings. The monoisotopic (exact) mass is 250 g/mol. The summed E-state index contributed by atoms with van der Waals surface area (Å²) in [7, 11) is 0. The minimum absolute atomic E-state index is 0.0151. The molecule has 18 heavy (non-hydrogen) atoms. The Morgan fingerprint density at radius 1 is 1.33 bits per heavy atom. The molecule has 0 heterocycles. The van der Waals surface area contributed by atoms with Crippen molar-refractivity contribution in [2.45, 2.75) is 51.4 Å². The third kappa shape index (κ3) is 3.03. The highest BCUT2D eigenvalue weighted by Crippen LogP contribution is 2.29. The average Bonchev–Trinajstić information content (AvgIpc) is 2.39. The van der Waals surface area contributed by atoms with Crippen LogP contribution in [0.3, 0.4) is 0 Å². The van der Waals surface area contributed by atoms with Crippen LogP contribution < -0.4 is 4.74 Å². The van der Waals surface area contributed by atoms with Gasteiger partial charge in [0.15, 0.2) is 0 Å². The molecule has 0 amide bonds. The lowest BCUT2D eigenvalue weighted by Crippen LogP contribution is -2.55. The molecule has 3 atom stereocenters. The first-order chi connectivity index (χ1) is 8.74. The summed E-state index contributed by atoms with van der Waals surface area (Å²) >= 11 is 0. The third-order valence-electron chi connectivity index (χ3n) is 3.33. The highest BCUT2D eigenvalue weighted by molar-refractivity contribution is 5.29. The Balaban J connectivity index is 1.92. The molecule has 1 aromatic rings. The van der Waals surface area contributed by atoms with Crippen molar-refractivity contribution in [3.8, 4) is 5.75 Å². The van der Waals surface area contributed by atoms with E-state index < -0.39 is 0 Å². The molecule has 100 valence electrons. The number of aliphatic hydroxyl groups excluding tert-OH is 1. The van der Waals surface area contributed by atoms with Gasteiger partial charge in [0.25, 0.3) is 0 Å². The number of aliphatic hydroxyl groups is 1. The second-order valence-corrected chi connectivity index (χ2v) is 4.80. The number of aryl methyl sites for hydroxylation is 1. The van der Waals surface area contributed by atoms with Crippen molar-refractivity contribution in [2.75, 3.05) is 6.61 Å². The van der Waals surface area contributed by atoms with Crippen LogP contribution >= 0.6 is 0 Å². The average molecular weight is 250 g/mol. The molecule has 1 aliphatic carbocycles. The van der Waals surface area contributed by atoms with Gasteiger partial charge in [-0.3, -0.25) is 0 Å². The van der Waals surface area contributed by atoms with E-state index >= 15 is 0 Å². The SMILES string of the molecule is CCCOC1C(O)CC1Oc1cccc(CC)c1. The minimum Gasteiger partial charge on any atom is -0.488 e. The maximum atomic E-state index is 9.68. The van der Waals surface area contributed by atoms with Crippen molar-refractivity contribution in [1.29, 1.82) is 0 Å². The van der Waals surface area contributed by atoms with E-state index in [0.717, 1.165) is 18.6 Å². The molecule has 3 unspecified atom stereocenters. The van der Waals surface area contributed by atoms with Crippen molar-refractivity contribution >= 4 is 0 Å². The van der Waals surface area contributed by atoms with Gasteiger partial charge in [0.05, 0.1) is 6.10 Å². The maximum Gasteiger partial charge on any atom is 0.130 e. The molecular weight excluding hydrogens is 228 g/mol. The van der Waals surface area contributed by atoms with Crippen LogP contribution in [0.4, 0.5) is 0 Å². The van der Waals surface area contributed by atoms with Gasteiger partial charge < -0.3 is 14.6 Å². The van der Waals surface area contributed by atoms with Crippen LogP contribution in [0.5, 0.6) is 5.75 Å². The van der Waals surface area contributed by atoms with Gasteiger partial charge >= 0.3 is 0 Å². The van der Waals surface area contributed by atoms with E-state index in [4.69, 9.17) is 9.47 Å². The Labute approximate surface area is 109 Å². The summed E-state index contributed by atoms with van der Waals surface area (Å²) in [6, 6.07) is 8.11. The summed E-state index contributed by atoms with van der Waals surface area (Å²) in [6.45, 7) is 4.86. The summed E-state index contributed by atoms with van der Waals surface area (Å²) in [5.41, 5.74) is 1.26. The molecule has 1 aliphatic rings. The Kier molecular flexibility index (Phi) is 4.61. The summed E-state index contributed by atoms with van der Waals surface area (Å²) in [5, 5.41) is 9.68. The highest BCUT2D eigenvalue weighted by Gasteiger charge is 2.42. The predicted molar refractivity (Wildman–Crippen MR) is 70.9 cm³/mol. The highest BCUT2D eigenvalue weighted by atomic mass is 16.6.